The van der Waals surface area contributed by atoms with Crippen molar-refractivity contribution in [3.63, 3.8) is 0 Å². The molecule has 2 nitrogen and oxygen atoms in total. The molecule has 2 N–H and O–H groups in total. The number of hydrogen-bond acceptors (Lipinski definition) is 2. The maximum Gasteiger partial charge on any atom is 0.123 e. The summed E-state index contributed by atoms with van der Waals surface area (Å²) in [6.07, 6.45) is 6.22. The van der Waals surface area contributed by atoms with E-state index in [1.54, 1.807) is 0 Å². The van der Waals surface area contributed by atoms with Gasteiger partial charge in [0.2, 0.25) is 0 Å². The summed E-state index contributed by atoms with van der Waals surface area (Å²) < 4.78 is 0. The van der Waals surface area contributed by atoms with Gasteiger partial charge in [0.1, 0.15) is 6.29 Å². The Kier molecular flexibility index (Phi) is 7.06. The molecule has 0 radical (unpaired) electrons. The van der Waals surface area contributed by atoms with E-state index in [1.165, 1.54) is 0 Å². The summed E-state index contributed by atoms with van der Waals surface area (Å²) in [7, 11) is 0. The van der Waals surface area contributed by atoms with E-state index >= 15 is 0 Å². The smallest absolute Gasteiger partial charge is 0.123 e. The quantitative estimate of drug-likeness (QED) is 0.596. The van der Waals surface area contributed by atoms with Crippen LogP contribution in [0.4, 0.5) is 0 Å². The van der Waals surface area contributed by atoms with Crippen LogP contribution in [0.1, 0.15) is 46.0 Å². The van der Waals surface area contributed by atoms with E-state index in [4.69, 9.17) is 5.73 Å². The fourth-order valence-electron chi connectivity index (χ4n) is 1.21. The second-order valence-electron chi connectivity index (χ2n) is 3.40. The van der Waals surface area contributed by atoms with Crippen LogP contribution in [0.25, 0.3) is 0 Å². The number of carbonyl (C=O) groups excluding carboxylic acids is 1. The molecule has 12 heavy (non-hydrogen) atoms. The summed E-state index contributed by atoms with van der Waals surface area (Å²) in [4.78, 5) is 10.5. The molecule has 2 unspecified atom stereocenters. The highest BCUT2D eigenvalue weighted by molar-refractivity contribution is 5.53. The minimum absolute atomic E-state index is 0.258. The lowest BCUT2D eigenvalue weighted by atomic mass is 9.98. The number of aldehydes is 1. The fraction of sp³-hybridized carbons (Fsp3) is 0.900. The van der Waals surface area contributed by atoms with Crippen molar-refractivity contribution in [1.82, 2.24) is 0 Å². The van der Waals surface area contributed by atoms with E-state index in [9.17, 15) is 4.79 Å². The van der Waals surface area contributed by atoms with E-state index in [2.05, 4.69) is 13.8 Å². The molecule has 2 atom stereocenters. The molecule has 0 rings (SSSR count). The first-order chi connectivity index (χ1) is 5.74. The van der Waals surface area contributed by atoms with Crippen LogP contribution in [0.3, 0.4) is 0 Å². The third-order valence-corrected chi connectivity index (χ3v) is 2.39. The van der Waals surface area contributed by atoms with Gasteiger partial charge in [0.05, 0.1) is 0 Å². The number of rotatable bonds is 7. The zero-order chi connectivity index (χ0) is 9.40. The minimum atomic E-state index is 0.258. The predicted octanol–water partition coefficient (Wildman–Crippen LogP) is 2.12. The lowest BCUT2D eigenvalue weighted by Gasteiger charge is -2.10. The third kappa shape index (κ3) is 5.30. The van der Waals surface area contributed by atoms with Gasteiger partial charge in [-0.15, -0.1) is 0 Å². The summed E-state index contributed by atoms with van der Waals surface area (Å²) in [5.74, 6) is 0.258. The summed E-state index contributed by atoms with van der Waals surface area (Å²) in [5.41, 5.74) is 5.75. The Bertz CT molecular complexity index is 114. The molecule has 0 fully saturated rings. The number of nitrogens with two attached hydrogens (primary N) is 1. The van der Waals surface area contributed by atoms with Crippen LogP contribution in [0.5, 0.6) is 0 Å². The lowest BCUT2D eigenvalue weighted by molar-refractivity contribution is -0.111. The van der Waals surface area contributed by atoms with Crippen molar-refractivity contribution in [2.45, 2.75) is 52.0 Å². The van der Waals surface area contributed by atoms with Gasteiger partial charge >= 0.3 is 0 Å². The first kappa shape index (κ1) is 11.6. The summed E-state index contributed by atoms with van der Waals surface area (Å²) >= 11 is 0. The number of hydrogen-bond donors (Lipinski definition) is 1. The van der Waals surface area contributed by atoms with Gasteiger partial charge in [0.25, 0.3) is 0 Å². The second kappa shape index (κ2) is 7.29. The van der Waals surface area contributed by atoms with Crippen LogP contribution in [-0.2, 0) is 4.79 Å². The topological polar surface area (TPSA) is 43.1 Å². The summed E-state index contributed by atoms with van der Waals surface area (Å²) in [6, 6.07) is 0.328. The van der Waals surface area contributed by atoms with Crippen LogP contribution in [-0.4, -0.2) is 12.3 Å². The third-order valence-electron chi connectivity index (χ3n) is 2.39. The van der Waals surface area contributed by atoms with Crippen molar-refractivity contribution >= 4 is 6.29 Å². The molecule has 72 valence electrons. The summed E-state index contributed by atoms with van der Waals surface area (Å²) in [6.45, 7) is 4.15. The van der Waals surface area contributed by atoms with Crippen LogP contribution < -0.4 is 5.73 Å². The standard InChI is InChI=1S/C10H21NO/c1-3-9(8-12)6-5-7-10(11)4-2/h8-10H,3-7,11H2,1-2H3. The van der Waals surface area contributed by atoms with Crippen molar-refractivity contribution in [3.8, 4) is 0 Å². The second-order valence-corrected chi connectivity index (χ2v) is 3.40. The largest absolute Gasteiger partial charge is 0.328 e. The molecule has 0 spiro atoms. The molecule has 0 aromatic rings. The Hall–Kier alpha value is -0.370. The minimum Gasteiger partial charge on any atom is -0.328 e. The molecule has 0 aliphatic heterocycles. The predicted molar refractivity (Wildman–Crippen MR) is 52.0 cm³/mol. The highest BCUT2D eigenvalue weighted by atomic mass is 16.1. The molecule has 0 aromatic carbocycles. The van der Waals surface area contributed by atoms with Crippen LogP contribution in [0, 0.1) is 5.92 Å². The highest BCUT2D eigenvalue weighted by Crippen LogP contribution is 2.11. The van der Waals surface area contributed by atoms with Crippen LogP contribution in [0.15, 0.2) is 0 Å². The SMILES string of the molecule is CCC(N)CCCC(C=O)CC. The van der Waals surface area contributed by atoms with E-state index in [-0.39, 0.29) is 5.92 Å². The van der Waals surface area contributed by atoms with Gasteiger partial charge in [-0.2, -0.15) is 0 Å². The molecule has 2 heteroatoms. The van der Waals surface area contributed by atoms with Gasteiger partial charge in [-0.1, -0.05) is 20.3 Å². The lowest BCUT2D eigenvalue weighted by Crippen LogP contribution is -2.18. The van der Waals surface area contributed by atoms with Gasteiger partial charge in [0, 0.05) is 12.0 Å². The molecule has 0 amide bonds. The molecule has 0 heterocycles. The normalized spacial score (nSPS) is 15.6. The zero-order valence-electron chi connectivity index (χ0n) is 8.25. The molecule has 0 saturated carbocycles. The Balaban J connectivity index is 3.34. The maximum absolute atomic E-state index is 10.5. The zero-order valence-corrected chi connectivity index (χ0v) is 8.25. The van der Waals surface area contributed by atoms with Crippen molar-refractivity contribution in [2.75, 3.05) is 0 Å². The molecular weight excluding hydrogens is 150 g/mol. The Labute approximate surface area is 75.5 Å². The maximum atomic E-state index is 10.5. The van der Waals surface area contributed by atoms with Gasteiger partial charge in [-0.25, -0.2) is 0 Å². The molecule has 0 aromatic heterocycles. The van der Waals surface area contributed by atoms with Crippen molar-refractivity contribution in [1.29, 1.82) is 0 Å². The molecule has 0 aliphatic carbocycles. The van der Waals surface area contributed by atoms with Gasteiger partial charge in [-0.05, 0) is 25.7 Å². The van der Waals surface area contributed by atoms with Crippen molar-refractivity contribution in [2.24, 2.45) is 11.7 Å². The molecule has 0 bridgehead atoms. The Morgan fingerprint density at radius 2 is 1.92 bits per heavy atom. The highest BCUT2D eigenvalue weighted by Gasteiger charge is 2.05. The van der Waals surface area contributed by atoms with Gasteiger partial charge < -0.3 is 10.5 Å². The average Bonchev–Trinajstić information content (AvgIpc) is 2.12. The molecular formula is C10H21NO. The van der Waals surface area contributed by atoms with Crippen LogP contribution in [0.2, 0.25) is 0 Å². The van der Waals surface area contributed by atoms with E-state index in [1.807, 2.05) is 0 Å². The van der Waals surface area contributed by atoms with Crippen molar-refractivity contribution < 1.29 is 4.79 Å². The first-order valence-electron chi connectivity index (χ1n) is 4.95. The van der Waals surface area contributed by atoms with E-state index in [0.29, 0.717) is 6.04 Å². The first-order valence-corrected chi connectivity index (χ1v) is 4.95. The average molecular weight is 171 g/mol. The molecule has 0 aliphatic rings. The Morgan fingerprint density at radius 3 is 2.33 bits per heavy atom. The molecule has 0 saturated heterocycles. The van der Waals surface area contributed by atoms with Gasteiger partial charge in [-0.3, -0.25) is 0 Å². The monoisotopic (exact) mass is 171 g/mol. The summed E-state index contributed by atoms with van der Waals surface area (Å²) in [5, 5.41) is 0. The number of carbonyl (C=O) groups is 1. The van der Waals surface area contributed by atoms with E-state index < -0.39 is 0 Å². The van der Waals surface area contributed by atoms with Gasteiger partial charge in [0.15, 0.2) is 0 Å². The van der Waals surface area contributed by atoms with Crippen LogP contribution >= 0.6 is 0 Å². The van der Waals surface area contributed by atoms with Crippen molar-refractivity contribution in [3.05, 3.63) is 0 Å². The Morgan fingerprint density at radius 1 is 1.25 bits per heavy atom. The fourth-order valence-corrected chi connectivity index (χ4v) is 1.21. The van der Waals surface area contributed by atoms with E-state index in [0.717, 1.165) is 38.4 Å².